The molecule has 0 saturated heterocycles. The van der Waals surface area contributed by atoms with Crippen molar-refractivity contribution in [3.05, 3.63) is 69.7 Å². The lowest BCUT2D eigenvalue weighted by atomic mass is 10.2. The summed E-state index contributed by atoms with van der Waals surface area (Å²) < 4.78 is 5.69. The first-order valence-corrected chi connectivity index (χ1v) is 11.7. The third kappa shape index (κ3) is 7.37. The van der Waals surface area contributed by atoms with Crippen LogP contribution in [0.25, 0.3) is 0 Å². The molecule has 0 bridgehead atoms. The fourth-order valence-electron chi connectivity index (χ4n) is 3.08. The van der Waals surface area contributed by atoms with Crippen molar-refractivity contribution >= 4 is 28.8 Å². The van der Waals surface area contributed by atoms with E-state index in [1.165, 1.54) is 11.3 Å². The van der Waals surface area contributed by atoms with Gasteiger partial charge in [0.15, 0.2) is 5.01 Å². The van der Waals surface area contributed by atoms with Crippen LogP contribution in [0.3, 0.4) is 0 Å². The largest absolute Gasteiger partial charge is 0.486 e. The number of nitrogens with one attached hydrogen (secondary N) is 2. The second-order valence-corrected chi connectivity index (χ2v) is 8.48. The van der Waals surface area contributed by atoms with E-state index >= 15 is 0 Å². The van der Waals surface area contributed by atoms with Crippen LogP contribution in [-0.4, -0.2) is 53.1 Å². The maximum Gasteiger partial charge on any atom is 0.286 e. The third-order valence-electron chi connectivity index (χ3n) is 5.04. The van der Waals surface area contributed by atoms with Gasteiger partial charge in [0.05, 0.1) is 0 Å². The second kappa shape index (κ2) is 12.1. The highest BCUT2D eigenvalue weighted by molar-refractivity contribution is 7.13. The lowest BCUT2D eigenvalue weighted by Gasteiger charge is -2.18. The van der Waals surface area contributed by atoms with E-state index in [9.17, 15) is 9.59 Å². The summed E-state index contributed by atoms with van der Waals surface area (Å²) in [5.74, 6) is 0.173. The second-order valence-electron chi connectivity index (χ2n) is 7.42. The molecule has 0 spiro atoms. The predicted octanol–water partition coefficient (Wildman–Crippen LogP) is 3.75. The van der Waals surface area contributed by atoms with E-state index in [1.807, 2.05) is 31.2 Å². The molecule has 0 aliphatic heterocycles. The van der Waals surface area contributed by atoms with E-state index in [4.69, 9.17) is 4.74 Å². The minimum absolute atomic E-state index is 0.176. The first kappa shape index (κ1) is 24.3. The van der Waals surface area contributed by atoms with Crippen LogP contribution in [-0.2, 0) is 6.61 Å². The number of hydrogen-bond donors (Lipinski definition) is 2. The summed E-state index contributed by atoms with van der Waals surface area (Å²) in [7, 11) is 0. The van der Waals surface area contributed by atoms with Crippen LogP contribution >= 0.6 is 11.3 Å². The molecule has 9 heteroatoms. The van der Waals surface area contributed by atoms with Gasteiger partial charge in [0.1, 0.15) is 12.4 Å². The Morgan fingerprint density at radius 3 is 2.52 bits per heavy atom. The normalized spacial score (nSPS) is 10.8. The van der Waals surface area contributed by atoms with Gasteiger partial charge in [-0.3, -0.25) is 9.59 Å². The number of carbonyl (C=O) groups excluding carboxylic acids is 2. The Morgan fingerprint density at radius 1 is 1.03 bits per heavy atom. The van der Waals surface area contributed by atoms with Gasteiger partial charge in [0.25, 0.3) is 11.8 Å². The zero-order valence-electron chi connectivity index (χ0n) is 19.1. The molecule has 3 rings (SSSR count). The molecule has 0 unspecified atom stereocenters. The van der Waals surface area contributed by atoms with Crippen LogP contribution in [0, 0.1) is 6.92 Å². The molecule has 3 aromatic rings. The van der Waals surface area contributed by atoms with Gasteiger partial charge in [-0.2, -0.15) is 0 Å². The summed E-state index contributed by atoms with van der Waals surface area (Å²) in [5, 5.41) is 14.5. The topological polar surface area (TPSA) is 96.5 Å². The van der Waals surface area contributed by atoms with Crippen LogP contribution in [0.5, 0.6) is 5.75 Å². The van der Waals surface area contributed by atoms with E-state index in [0.29, 0.717) is 22.8 Å². The van der Waals surface area contributed by atoms with Crippen molar-refractivity contribution < 1.29 is 14.3 Å². The lowest BCUT2D eigenvalue weighted by Crippen LogP contribution is -2.34. The minimum Gasteiger partial charge on any atom is -0.486 e. The molecule has 2 N–H and O–H groups in total. The molecule has 0 radical (unpaired) electrons. The SMILES string of the molecule is CCN(CC)CCNC(=O)c1cccc(NC(=O)c2nnc(COc3ccc(C)cc3)s2)c1. The average molecular weight is 468 g/mol. The van der Waals surface area contributed by atoms with Crippen molar-refractivity contribution in [2.24, 2.45) is 0 Å². The maximum absolute atomic E-state index is 12.6. The molecule has 0 aliphatic rings. The number of ether oxygens (including phenoxy) is 1. The molecule has 0 atom stereocenters. The van der Waals surface area contributed by atoms with Gasteiger partial charge >= 0.3 is 0 Å². The van der Waals surface area contributed by atoms with E-state index in [1.54, 1.807) is 24.3 Å². The number of carbonyl (C=O) groups is 2. The van der Waals surface area contributed by atoms with Gasteiger partial charge < -0.3 is 20.3 Å². The number of aromatic nitrogens is 2. The summed E-state index contributed by atoms with van der Waals surface area (Å²) in [6, 6.07) is 14.5. The monoisotopic (exact) mass is 467 g/mol. The van der Waals surface area contributed by atoms with E-state index < -0.39 is 0 Å². The van der Waals surface area contributed by atoms with Gasteiger partial charge in [-0.25, -0.2) is 0 Å². The Balaban J connectivity index is 1.53. The van der Waals surface area contributed by atoms with Crippen molar-refractivity contribution in [3.8, 4) is 5.75 Å². The molecule has 33 heavy (non-hydrogen) atoms. The predicted molar refractivity (Wildman–Crippen MR) is 130 cm³/mol. The lowest BCUT2D eigenvalue weighted by molar-refractivity contribution is 0.0947. The fourth-order valence-corrected chi connectivity index (χ4v) is 3.72. The molecule has 2 aromatic carbocycles. The molecule has 8 nitrogen and oxygen atoms in total. The molecule has 0 aliphatic carbocycles. The minimum atomic E-state index is -0.381. The highest BCUT2D eigenvalue weighted by Crippen LogP contribution is 2.18. The quantitative estimate of drug-likeness (QED) is 0.446. The number of nitrogens with zero attached hydrogens (tertiary/aromatic N) is 3. The van der Waals surface area contributed by atoms with Gasteiger partial charge in [-0.1, -0.05) is 48.9 Å². The van der Waals surface area contributed by atoms with Gasteiger partial charge in [0, 0.05) is 24.3 Å². The van der Waals surface area contributed by atoms with E-state index in [0.717, 1.165) is 30.9 Å². The summed E-state index contributed by atoms with van der Waals surface area (Å²) in [5.41, 5.74) is 2.15. The van der Waals surface area contributed by atoms with Crippen molar-refractivity contribution in [1.29, 1.82) is 0 Å². The Morgan fingerprint density at radius 2 is 1.79 bits per heavy atom. The highest BCUT2D eigenvalue weighted by Gasteiger charge is 2.15. The van der Waals surface area contributed by atoms with E-state index in [2.05, 4.69) is 39.6 Å². The summed E-state index contributed by atoms with van der Waals surface area (Å²) >= 11 is 1.17. The molecule has 2 amide bonds. The molecule has 174 valence electrons. The van der Waals surface area contributed by atoms with Gasteiger partial charge in [-0.05, 0) is 50.3 Å². The molecule has 0 fully saturated rings. The Labute approximate surface area is 198 Å². The maximum atomic E-state index is 12.6. The van der Waals surface area contributed by atoms with Crippen LogP contribution in [0.4, 0.5) is 5.69 Å². The third-order valence-corrected chi connectivity index (χ3v) is 5.93. The number of rotatable bonds is 11. The van der Waals surface area contributed by atoms with Crippen molar-refractivity contribution in [3.63, 3.8) is 0 Å². The number of amides is 2. The first-order valence-electron chi connectivity index (χ1n) is 10.9. The number of hydrogen-bond acceptors (Lipinski definition) is 7. The number of aryl methyl sites for hydroxylation is 1. The van der Waals surface area contributed by atoms with Crippen LogP contribution in [0.1, 0.15) is 44.6 Å². The van der Waals surface area contributed by atoms with Gasteiger partial charge in [-0.15, -0.1) is 10.2 Å². The zero-order valence-corrected chi connectivity index (χ0v) is 19.9. The number of anilines is 1. The van der Waals surface area contributed by atoms with Crippen molar-refractivity contribution in [2.45, 2.75) is 27.4 Å². The highest BCUT2D eigenvalue weighted by atomic mass is 32.1. The Bertz CT molecular complexity index is 1060. The molecule has 1 aromatic heterocycles. The summed E-state index contributed by atoms with van der Waals surface area (Å²) in [6.07, 6.45) is 0. The van der Waals surface area contributed by atoms with Crippen LogP contribution < -0.4 is 15.4 Å². The number of likely N-dealkylation sites (N-methyl/N-ethyl adjacent to an activating group) is 1. The van der Waals surface area contributed by atoms with Crippen molar-refractivity contribution in [2.75, 3.05) is 31.5 Å². The van der Waals surface area contributed by atoms with Gasteiger partial charge in [0.2, 0.25) is 5.01 Å². The average Bonchev–Trinajstić information content (AvgIpc) is 3.31. The van der Waals surface area contributed by atoms with E-state index in [-0.39, 0.29) is 23.4 Å². The molecule has 1 heterocycles. The van der Waals surface area contributed by atoms with Crippen LogP contribution in [0.15, 0.2) is 48.5 Å². The van der Waals surface area contributed by atoms with Crippen LogP contribution in [0.2, 0.25) is 0 Å². The standard InChI is InChI=1S/C24H29N5O3S/c1-4-29(5-2)14-13-25-22(30)18-7-6-8-19(15-18)26-23(31)24-28-27-21(33-24)16-32-20-11-9-17(3)10-12-20/h6-12,15H,4-5,13-14,16H2,1-3H3,(H,25,30)(H,26,31). The van der Waals surface area contributed by atoms with Crippen molar-refractivity contribution in [1.82, 2.24) is 20.4 Å². The Kier molecular flexibility index (Phi) is 8.91. The molecular weight excluding hydrogens is 438 g/mol. The zero-order chi connectivity index (χ0) is 23.6. The molecule has 0 saturated carbocycles. The number of benzene rings is 2. The summed E-state index contributed by atoms with van der Waals surface area (Å²) in [6.45, 7) is 9.67. The fraction of sp³-hybridized carbons (Fsp3) is 0.333. The molecular formula is C24H29N5O3S. The Hall–Kier alpha value is -3.30. The smallest absolute Gasteiger partial charge is 0.286 e. The first-order chi connectivity index (χ1) is 16.0. The summed E-state index contributed by atoms with van der Waals surface area (Å²) in [4.78, 5) is 27.3.